The van der Waals surface area contributed by atoms with E-state index in [2.05, 4.69) is 5.32 Å². The minimum atomic E-state index is -0.229. The van der Waals surface area contributed by atoms with Gasteiger partial charge in [-0.15, -0.1) is 0 Å². The molecule has 1 saturated heterocycles. The van der Waals surface area contributed by atoms with Crippen molar-refractivity contribution >= 4 is 5.78 Å². The summed E-state index contributed by atoms with van der Waals surface area (Å²) in [6.07, 6.45) is 3.30. The molecule has 1 atom stereocenters. The van der Waals surface area contributed by atoms with Crippen LogP contribution in [0, 0.1) is 5.82 Å². The van der Waals surface area contributed by atoms with E-state index in [-0.39, 0.29) is 17.6 Å². The third-order valence-corrected chi connectivity index (χ3v) is 3.02. The van der Waals surface area contributed by atoms with Crippen LogP contribution in [0.2, 0.25) is 0 Å². The van der Waals surface area contributed by atoms with E-state index in [4.69, 9.17) is 0 Å². The van der Waals surface area contributed by atoms with Crippen molar-refractivity contribution in [2.75, 3.05) is 6.54 Å². The second-order valence-electron chi connectivity index (χ2n) is 4.24. The molecular formula is C13H16FNO. The summed E-state index contributed by atoms with van der Waals surface area (Å²) in [4.78, 5) is 11.7. The maximum atomic E-state index is 12.7. The summed E-state index contributed by atoms with van der Waals surface area (Å²) in [6.45, 7) is 0.951. The minimum absolute atomic E-state index is 0.0560. The third kappa shape index (κ3) is 2.89. The van der Waals surface area contributed by atoms with Crippen LogP contribution in [-0.2, 0) is 11.2 Å². The quantitative estimate of drug-likeness (QED) is 0.843. The monoisotopic (exact) mass is 221 g/mol. The lowest BCUT2D eigenvalue weighted by molar-refractivity contribution is -0.120. The number of nitrogens with one attached hydrogen (secondary N) is 1. The van der Waals surface area contributed by atoms with Crippen molar-refractivity contribution < 1.29 is 9.18 Å². The van der Waals surface area contributed by atoms with Gasteiger partial charge in [0.25, 0.3) is 0 Å². The van der Waals surface area contributed by atoms with Crippen molar-refractivity contribution in [1.82, 2.24) is 5.32 Å². The van der Waals surface area contributed by atoms with Crippen molar-refractivity contribution in [3.63, 3.8) is 0 Å². The number of aryl methyl sites for hydroxylation is 1. The van der Waals surface area contributed by atoms with E-state index >= 15 is 0 Å². The number of benzene rings is 1. The Morgan fingerprint density at radius 1 is 1.38 bits per heavy atom. The Morgan fingerprint density at radius 2 is 2.12 bits per heavy atom. The van der Waals surface area contributed by atoms with Crippen molar-refractivity contribution in [2.45, 2.75) is 31.7 Å². The summed E-state index contributed by atoms with van der Waals surface area (Å²) in [5.41, 5.74) is 1.02. The molecule has 3 heteroatoms. The van der Waals surface area contributed by atoms with E-state index < -0.39 is 0 Å². The molecule has 2 rings (SSSR count). The smallest absolute Gasteiger partial charge is 0.150 e. The molecule has 0 amide bonds. The van der Waals surface area contributed by atoms with E-state index in [1.165, 1.54) is 12.1 Å². The van der Waals surface area contributed by atoms with Crippen LogP contribution in [0.4, 0.5) is 4.39 Å². The highest BCUT2D eigenvalue weighted by Crippen LogP contribution is 2.11. The van der Waals surface area contributed by atoms with Crippen LogP contribution in [0.5, 0.6) is 0 Å². The highest BCUT2D eigenvalue weighted by Gasteiger charge is 2.21. The molecule has 1 aromatic carbocycles. The number of rotatable bonds is 4. The van der Waals surface area contributed by atoms with Gasteiger partial charge in [-0.1, -0.05) is 12.1 Å². The Balaban J connectivity index is 1.82. The van der Waals surface area contributed by atoms with E-state index in [1.807, 2.05) is 0 Å². The Hall–Kier alpha value is -1.22. The van der Waals surface area contributed by atoms with E-state index in [0.29, 0.717) is 12.8 Å². The molecule has 16 heavy (non-hydrogen) atoms. The molecule has 1 heterocycles. The van der Waals surface area contributed by atoms with Crippen molar-refractivity contribution in [1.29, 1.82) is 0 Å². The van der Waals surface area contributed by atoms with Crippen molar-refractivity contribution in [3.8, 4) is 0 Å². The van der Waals surface area contributed by atoms with E-state index in [0.717, 1.165) is 24.9 Å². The zero-order valence-corrected chi connectivity index (χ0v) is 9.21. The van der Waals surface area contributed by atoms with Gasteiger partial charge in [0.15, 0.2) is 0 Å². The molecule has 2 nitrogen and oxygen atoms in total. The van der Waals surface area contributed by atoms with Crippen LogP contribution < -0.4 is 5.32 Å². The molecule has 86 valence electrons. The first-order valence-corrected chi connectivity index (χ1v) is 5.76. The van der Waals surface area contributed by atoms with Gasteiger partial charge in [-0.25, -0.2) is 4.39 Å². The first-order chi connectivity index (χ1) is 7.75. The summed E-state index contributed by atoms with van der Waals surface area (Å²) in [5, 5.41) is 3.19. The van der Waals surface area contributed by atoms with Gasteiger partial charge in [0.05, 0.1) is 6.04 Å². The molecule has 1 aliphatic heterocycles. The van der Waals surface area contributed by atoms with Gasteiger partial charge in [0, 0.05) is 6.42 Å². The number of carbonyl (C=O) groups is 1. The van der Waals surface area contributed by atoms with Gasteiger partial charge in [-0.2, -0.15) is 0 Å². The van der Waals surface area contributed by atoms with Crippen LogP contribution in [0.15, 0.2) is 24.3 Å². The maximum absolute atomic E-state index is 12.7. The molecule has 0 aromatic heterocycles. The highest BCUT2D eigenvalue weighted by atomic mass is 19.1. The molecule has 0 saturated carbocycles. The molecule has 1 N–H and O–H groups in total. The second-order valence-corrected chi connectivity index (χ2v) is 4.24. The number of ketones is 1. The number of carbonyl (C=O) groups excluding carboxylic acids is 1. The fraction of sp³-hybridized carbons (Fsp3) is 0.462. The second kappa shape index (κ2) is 5.21. The average Bonchev–Trinajstić information content (AvgIpc) is 2.81. The summed E-state index contributed by atoms with van der Waals surface area (Å²) < 4.78 is 12.7. The summed E-state index contributed by atoms with van der Waals surface area (Å²) >= 11 is 0. The fourth-order valence-corrected chi connectivity index (χ4v) is 2.05. The Labute approximate surface area is 94.9 Å². The van der Waals surface area contributed by atoms with Gasteiger partial charge < -0.3 is 5.32 Å². The predicted octanol–water partition coefficient (Wildman–Crippen LogP) is 2.08. The largest absolute Gasteiger partial charge is 0.307 e. The Kier molecular flexibility index (Phi) is 3.67. The molecule has 0 radical (unpaired) electrons. The zero-order valence-electron chi connectivity index (χ0n) is 9.21. The van der Waals surface area contributed by atoms with Crippen LogP contribution >= 0.6 is 0 Å². The van der Waals surface area contributed by atoms with Gasteiger partial charge in [0.2, 0.25) is 0 Å². The molecular weight excluding hydrogens is 205 g/mol. The lowest BCUT2D eigenvalue weighted by Crippen LogP contribution is -2.30. The number of hydrogen-bond acceptors (Lipinski definition) is 2. The van der Waals surface area contributed by atoms with Crippen LogP contribution in [-0.4, -0.2) is 18.4 Å². The summed E-state index contributed by atoms with van der Waals surface area (Å²) in [5.74, 6) is 0.0503. The summed E-state index contributed by atoms with van der Waals surface area (Å²) in [7, 11) is 0. The maximum Gasteiger partial charge on any atom is 0.150 e. The molecule has 0 unspecified atom stereocenters. The summed E-state index contributed by atoms with van der Waals surface area (Å²) in [6, 6.07) is 6.41. The molecule has 0 aliphatic carbocycles. The van der Waals surface area contributed by atoms with Crippen LogP contribution in [0.3, 0.4) is 0 Å². The lowest BCUT2D eigenvalue weighted by atomic mass is 10.0. The minimum Gasteiger partial charge on any atom is -0.307 e. The number of hydrogen-bond donors (Lipinski definition) is 1. The molecule has 0 spiro atoms. The lowest BCUT2D eigenvalue weighted by Gasteiger charge is -2.08. The standard InChI is InChI=1S/C13H16FNO/c14-11-6-3-10(4-7-11)5-8-13(16)12-2-1-9-15-12/h3-4,6-7,12,15H,1-2,5,8-9H2/t12-/m1/s1. The first kappa shape index (κ1) is 11.3. The molecule has 1 aliphatic rings. The SMILES string of the molecule is O=C(CCc1ccc(F)cc1)[C@H]1CCCN1. The molecule has 1 aromatic rings. The predicted molar refractivity (Wildman–Crippen MR) is 60.8 cm³/mol. The van der Waals surface area contributed by atoms with Crippen molar-refractivity contribution in [2.24, 2.45) is 0 Å². The number of Topliss-reactive ketones (excluding diaryl/α,β-unsaturated/α-hetero) is 1. The molecule has 0 bridgehead atoms. The van der Waals surface area contributed by atoms with Gasteiger partial charge in [0.1, 0.15) is 11.6 Å². The zero-order chi connectivity index (χ0) is 11.4. The third-order valence-electron chi connectivity index (χ3n) is 3.02. The molecule has 1 fully saturated rings. The highest BCUT2D eigenvalue weighted by molar-refractivity contribution is 5.84. The fourth-order valence-electron chi connectivity index (χ4n) is 2.05. The van der Waals surface area contributed by atoms with Crippen LogP contribution in [0.1, 0.15) is 24.8 Å². The average molecular weight is 221 g/mol. The Bertz CT molecular complexity index is 355. The number of halogens is 1. The van der Waals surface area contributed by atoms with E-state index in [9.17, 15) is 9.18 Å². The normalized spacial score (nSPS) is 19.9. The van der Waals surface area contributed by atoms with Crippen molar-refractivity contribution in [3.05, 3.63) is 35.6 Å². The van der Waals surface area contributed by atoms with Gasteiger partial charge >= 0.3 is 0 Å². The van der Waals surface area contributed by atoms with E-state index in [1.54, 1.807) is 12.1 Å². The van der Waals surface area contributed by atoms with Crippen LogP contribution in [0.25, 0.3) is 0 Å². The van der Waals surface area contributed by atoms with Gasteiger partial charge in [-0.3, -0.25) is 4.79 Å². The topological polar surface area (TPSA) is 29.1 Å². The van der Waals surface area contributed by atoms with Gasteiger partial charge in [-0.05, 0) is 43.5 Å². The first-order valence-electron chi connectivity index (χ1n) is 5.76. The Morgan fingerprint density at radius 3 is 2.75 bits per heavy atom.